The summed E-state index contributed by atoms with van der Waals surface area (Å²) < 4.78 is 21.3. The Morgan fingerprint density at radius 2 is 1.55 bits per heavy atom. The van der Waals surface area contributed by atoms with E-state index in [1.165, 1.54) is 0 Å². The van der Waals surface area contributed by atoms with Crippen molar-refractivity contribution in [2.75, 3.05) is 13.4 Å². The maximum Gasteiger partial charge on any atom is 0.338 e. The van der Waals surface area contributed by atoms with Crippen LogP contribution in [0.1, 0.15) is 26.3 Å². The zero-order valence-corrected chi connectivity index (χ0v) is 15.5. The van der Waals surface area contributed by atoms with Crippen molar-refractivity contribution in [2.45, 2.75) is 6.61 Å². The van der Waals surface area contributed by atoms with Crippen LogP contribution in [0.5, 0.6) is 17.2 Å². The number of ketones is 1. The van der Waals surface area contributed by atoms with Gasteiger partial charge in [-0.2, -0.15) is 0 Å². The first kappa shape index (κ1) is 18.6. The highest BCUT2D eigenvalue weighted by atomic mass is 16.7. The van der Waals surface area contributed by atoms with Crippen LogP contribution in [-0.4, -0.2) is 25.2 Å². The molecule has 1 heterocycles. The van der Waals surface area contributed by atoms with E-state index in [1.54, 1.807) is 42.5 Å². The van der Waals surface area contributed by atoms with Gasteiger partial charge in [0.2, 0.25) is 6.79 Å². The number of benzene rings is 3. The molecule has 0 amide bonds. The molecule has 3 aromatic carbocycles. The largest absolute Gasteiger partial charge is 0.489 e. The van der Waals surface area contributed by atoms with Gasteiger partial charge < -0.3 is 18.9 Å². The molecule has 0 N–H and O–H groups in total. The summed E-state index contributed by atoms with van der Waals surface area (Å²) in [6.45, 7) is 0.215. The second-order valence-electron chi connectivity index (χ2n) is 6.37. The number of rotatable bonds is 7. The van der Waals surface area contributed by atoms with Crippen molar-refractivity contribution < 1.29 is 28.5 Å². The minimum Gasteiger partial charge on any atom is -0.489 e. The number of carbonyl (C=O) groups excluding carboxylic acids is 2. The lowest BCUT2D eigenvalue weighted by Crippen LogP contribution is -2.14. The molecular weight excluding hydrogens is 372 g/mol. The zero-order valence-electron chi connectivity index (χ0n) is 15.5. The van der Waals surface area contributed by atoms with Crippen LogP contribution in [0.3, 0.4) is 0 Å². The fraction of sp³-hybridized carbons (Fsp3) is 0.130. The van der Waals surface area contributed by atoms with Crippen LogP contribution >= 0.6 is 0 Å². The average molecular weight is 390 g/mol. The summed E-state index contributed by atoms with van der Waals surface area (Å²) in [5.41, 5.74) is 1.79. The Labute approximate surface area is 167 Å². The Morgan fingerprint density at radius 3 is 2.34 bits per heavy atom. The van der Waals surface area contributed by atoms with Gasteiger partial charge >= 0.3 is 5.97 Å². The van der Waals surface area contributed by atoms with E-state index in [4.69, 9.17) is 18.9 Å². The number of hydrogen-bond acceptors (Lipinski definition) is 6. The average Bonchev–Trinajstić information content (AvgIpc) is 3.25. The van der Waals surface area contributed by atoms with Crippen molar-refractivity contribution in [1.82, 2.24) is 0 Å². The molecule has 29 heavy (non-hydrogen) atoms. The Bertz CT molecular complexity index is 1010. The van der Waals surface area contributed by atoms with Gasteiger partial charge in [-0.15, -0.1) is 0 Å². The lowest BCUT2D eigenvalue weighted by molar-refractivity contribution is 0.0474. The summed E-state index contributed by atoms with van der Waals surface area (Å²) >= 11 is 0. The minimum atomic E-state index is -0.575. The van der Waals surface area contributed by atoms with E-state index in [-0.39, 0.29) is 19.2 Å². The monoisotopic (exact) mass is 390 g/mol. The molecule has 0 atom stereocenters. The van der Waals surface area contributed by atoms with E-state index in [0.29, 0.717) is 35.0 Å². The molecule has 0 saturated heterocycles. The van der Waals surface area contributed by atoms with Gasteiger partial charge in [-0.25, -0.2) is 4.79 Å². The van der Waals surface area contributed by atoms with Gasteiger partial charge in [-0.05, 0) is 48.0 Å². The lowest BCUT2D eigenvalue weighted by Gasteiger charge is -2.08. The fourth-order valence-electron chi connectivity index (χ4n) is 2.80. The van der Waals surface area contributed by atoms with Crippen LogP contribution in [0, 0.1) is 0 Å². The van der Waals surface area contributed by atoms with Crippen molar-refractivity contribution in [3.8, 4) is 17.2 Å². The predicted molar refractivity (Wildman–Crippen MR) is 104 cm³/mol. The van der Waals surface area contributed by atoms with Gasteiger partial charge in [0.1, 0.15) is 12.4 Å². The summed E-state index contributed by atoms with van der Waals surface area (Å²) in [4.78, 5) is 24.5. The molecule has 0 unspecified atom stereocenters. The summed E-state index contributed by atoms with van der Waals surface area (Å²) in [5, 5.41) is 0. The van der Waals surface area contributed by atoms with Crippen LogP contribution in [0.4, 0.5) is 0 Å². The third-order valence-corrected chi connectivity index (χ3v) is 4.37. The van der Waals surface area contributed by atoms with Crippen molar-refractivity contribution in [3.05, 3.63) is 89.5 Å². The standard InChI is InChI=1S/C23H18O6/c24-20(18-8-11-21-22(12-18)29-15-28-21)14-27-23(25)17-6-9-19(10-7-17)26-13-16-4-2-1-3-5-16/h1-12H,13-15H2. The summed E-state index contributed by atoms with van der Waals surface area (Å²) in [7, 11) is 0. The highest BCUT2D eigenvalue weighted by Gasteiger charge is 2.17. The first-order chi connectivity index (χ1) is 14.2. The molecule has 3 aromatic rings. The molecule has 1 aliphatic rings. The van der Waals surface area contributed by atoms with Crippen LogP contribution in [0.15, 0.2) is 72.8 Å². The molecule has 6 nitrogen and oxygen atoms in total. The molecule has 0 radical (unpaired) electrons. The second kappa shape index (κ2) is 8.48. The molecular formula is C23H18O6. The van der Waals surface area contributed by atoms with Gasteiger partial charge in [0, 0.05) is 5.56 Å². The van der Waals surface area contributed by atoms with Crippen molar-refractivity contribution in [3.63, 3.8) is 0 Å². The number of esters is 1. The first-order valence-corrected chi connectivity index (χ1v) is 9.06. The van der Waals surface area contributed by atoms with E-state index in [2.05, 4.69) is 0 Å². The van der Waals surface area contributed by atoms with Crippen molar-refractivity contribution >= 4 is 11.8 Å². The van der Waals surface area contributed by atoms with E-state index in [0.717, 1.165) is 5.56 Å². The molecule has 0 saturated carbocycles. The molecule has 6 heteroatoms. The maximum absolute atomic E-state index is 12.3. The predicted octanol–water partition coefficient (Wildman–Crippen LogP) is 4.03. The molecule has 0 fully saturated rings. The minimum absolute atomic E-state index is 0.132. The van der Waals surface area contributed by atoms with Gasteiger partial charge in [-0.1, -0.05) is 30.3 Å². The summed E-state index contributed by atoms with van der Waals surface area (Å²) in [5.74, 6) is 0.844. The summed E-state index contributed by atoms with van der Waals surface area (Å²) in [6, 6.07) is 21.2. The van der Waals surface area contributed by atoms with Gasteiger partial charge in [0.25, 0.3) is 0 Å². The second-order valence-corrected chi connectivity index (χ2v) is 6.37. The first-order valence-electron chi connectivity index (χ1n) is 9.06. The molecule has 4 rings (SSSR count). The third-order valence-electron chi connectivity index (χ3n) is 4.37. The molecule has 0 aliphatic carbocycles. The SMILES string of the molecule is O=C(COC(=O)c1ccc(OCc2ccccc2)cc1)c1ccc2c(c1)OCO2. The number of carbonyl (C=O) groups is 2. The summed E-state index contributed by atoms with van der Waals surface area (Å²) in [6.07, 6.45) is 0. The number of ether oxygens (including phenoxy) is 4. The maximum atomic E-state index is 12.3. The Balaban J connectivity index is 1.29. The van der Waals surface area contributed by atoms with E-state index in [1.807, 2.05) is 30.3 Å². The van der Waals surface area contributed by atoms with E-state index in [9.17, 15) is 9.59 Å². The van der Waals surface area contributed by atoms with Crippen LogP contribution in [0.25, 0.3) is 0 Å². The highest BCUT2D eigenvalue weighted by molar-refractivity contribution is 5.99. The van der Waals surface area contributed by atoms with Gasteiger partial charge in [0.15, 0.2) is 23.9 Å². The normalized spacial score (nSPS) is 11.7. The van der Waals surface area contributed by atoms with Crippen LogP contribution in [-0.2, 0) is 11.3 Å². The number of fused-ring (bicyclic) bond motifs is 1. The number of hydrogen-bond donors (Lipinski definition) is 0. The van der Waals surface area contributed by atoms with E-state index < -0.39 is 5.97 Å². The Morgan fingerprint density at radius 1 is 0.828 bits per heavy atom. The molecule has 146 valence electrons. The topological polar surface area (TPSA) is 71.1 Å². The van der Waals surface area contributed by atoms with Crippen molar-refractivity contribution in [2.24, 2.45) is 0 Å². The quantitative estimate of drug-likeness (QED) is 0.448. The highest BCUT2D eigenvalue weighted by Crippen LogP contribution is 2.32. The Kier molecular flexibility index (Phi) is 5.42. The number of Topliss-reactive ketones (excluding diaryl/α,β-unsaturated/α-hetero) is 1. The fourth-order valence-corrected chi connectivity index (χ4v) is 2.80. The Hall–Kier alpha value is -3.80. The molecule has 1 aliphatic heterocycles. The molecule has 0 spiro atoms. The lowest BCUT2D eigenvalue weighted by atomic mass is 10.1. The zero-order chi connectivity index (χ0) is 20.1. The smallest absolute Gasteiger partial charge is 0.338 e. The van der Waals surface area contributed by atoms with Gasteiger partial charge in [0.05, 0.1) is 5.56 Å². The van der Waals surface area contributed by atoms with Crippen molar-refractivity contribution in [1.29, 1.82) is 0 Å². The van der Waals surface area contributed by atoms with Crippen LogP contribution in [0.2, 0.25) is 0 Å². The van der Waals surface area contributed by atoms with Gasteiger partial charge in [-0.3, -0.25) is 4.79 Å². The van der Waals surface area contributed by atoms with Crippen LogP contribution < -0.4 is 14.2 Å². The molecule has 0 aromatic heterocycles. The molecule has 0 bridgehead atoms. The third kappa shape index (κ3) is 4.55. The van der Waals surface area contributed by atoms with E-state index >= 15 is 0 Å².